The molecule has 2 aliphatic rings. The minimum atomic E-state index is 0.446. The van der Waals surface area contributed by atoms with Crippen LogP contribution >= 0.6 is 0 Å². The highest BCUT2D eigenvalue weighted by Gasteiger charge is 2.60. The largest absolute Gasteiger partial charge is 0.305 e. The first-order valence-corrected chi connectivity index (χ1v) is 6.75. The molecular formula is C17H21N. The van der Waals surface area contributed by atoms with Gasteiger partial charge in [-0.25, -0.2) is 0 Å². The van der Waals surface area contributed by atoms with Crippen LogP contribution in [0.25, 0.3) is 6.08 Å². The first kappa shape index (κ1) is 11.7. The van der Waals surface area contributed by atoms with Gasteiger partial charge in [0.25, 0.3) is 0 Å². The molecule has 1 heteroatoms. The third kappa shape index (κ3) is 1.65. The van der Waals surface area contributed by atoms with Crippen LogP contribution in [0.15, 0.2) is 36.9 Å². The summed E-state index contributed by atoms with van der Waals surface area (Å²) < 4.78 is 0. The lowest BCUT2D eigenvalue weighted by atomic mass is 9.88. The van der Waals surface area contributed by atoms with E-state index in [0.29, 0.717) is 5.41 Å². The van der Waals surface area contributed by atoms with Crippen LogP contribution in [0.5, 0.6) is 0 Å². The van der Waals surface area contributed by atoms with Crippen LogP contribution in [0, 0.1) is 12.8 Å². The molecule has 0 aromatic heterocycles. The number of benzene rings is 1. The minimum Gasteiger partial charge on any atom is -0.305 e. The fraction of sp³-hybridized carbons (Fsp3) is 0.412. The van der Waals surface area contributed by atoms with Gasteiger partial charge in [-0.3, -0.25) is 0 Å². The molecule has 1 heterocycles. The van der Waals surface area contributed by atoms with Crippen molar-refractivity contribution >= 4 is 6.08 Å². The third-order valence-electron chi connectivity index (χ3n) is 4.58. The molecule has 1 aliphatic carbocycles. The summed E-state index contributed by atoms with van der Waals surface area (Å²) in [6.07, 6.45) is 7.51. The maximum absolute atomic E-state index is 3.78. The second-order valence-electron chi connectivity index (χ2n) is 5.88. The number of piperidine rings is 1. The Kier molecular flexibility index (Phi) is 2.67. The Bertz CT molecular complexity index is 514. The molecule has 0 amide bonds. The second-order valence-corrected chi connectivity index (χ2v) is 5.88. The maximum atomic E-state index is 3.78. The zero-order valence-electron chi connectivity index (χ0n) is 11.3. The van der Waals surface area contributed by atoms with Crippen LogP contribution in [-0.2, 0) is 5.41 Å². The van der Waals surface area contributed by atoms with Gasteiger partial charge in [-0.15, -0.1) is 0 Å². The summed E-state index contributed by atoms with van der Waals surface area (Å²) in [6.45, 7) is 8.47. The predicted molar refractivity (Wildman–Crippen MR) is 77.7 cm³/mol. The lowest BCUT2D eigenvalue weighted by molar-refractivity contribution is 0.363. The molecule has 2 unspecified atom stereocenters. The van der Waals surface area contributed by atoms with Crippen molar-refractivity contribution in [2.24, 2.45) is 5.92 Å². The van der Waals surface area contributed by atoms with Crippen molar-refractivity contribution in [2.75, 3.05) is 20.1 Å². The molecule has 2 fully saturated rings. The molecule has 0 bridgehead atoms. The van der Waals surface area contributed by atoms with E-state index in [4.69, 9.17) is 0 Å². The summed E-state index contributed by atoms with van der Waals surface area (Å²) >= 11 is 0. The maximum Gasteiger partial charge on any atom is 0.0130 e. The van der Waals surface area contributed by atoms with Gasteiger partial charge in [-0.2, -0.15) is 0 Å². The van der Waals surface area contributed by atoms with E-state index in [2.05, 4.69) is 55.8 Å². The smallest absolute Gasteiger partial charge is 0.0130 e. The highest BCUT2D eigenvalue weighted by atomic mass is 15.2. The molecule has 1 aromatic rings. The fourth-order valence-electron chi connectivity index (χ4n) is 3.65. The number of allylic oxidation sites excluding steroid dienone is 2. The zero-order valence-corrected chi connectivity index (χ0v) is 11.3. The Morgan fingerprint density at radius 1 is 1.44 bits per heavy atom. The first-order valence-electron chi connectivity index (χ1n) is 6.75. The molecule has 1 aromatic carbocycles. The molecule has 0 radical (unpaired) electrons. The van der Waals surface area contributed by atoms with Crippen LogP contribution in [0.4, 0.5) is 0 Å². The van der Waals surface area contributed by atoms with Crippen LogP contribution in [0.1, 0.15) is 23.1 Å². The minimum absolute atomic E-state index is 0.446. The van der Waals surface area contributed by atoms with Crippen molar-refractivity contribution in [1.82, 2.24) is 4.90 Å². The van der Waals surface area contributed by atoms with E-state index in [9.17, 15) is 0 Å². The van der Waals surface area contributed by atoms with Crippen LogP contribution < -0.4 is 0 Å². The fourth-order valence-corrected chi connectivity index (χ4v) is 3.65. The molecule has 94 valence electrons. The molecule has 1 saturated carbocycles. The standard InChI is InChI=1S/C17H21N/c1-4-5-8-15-13(2)7-6-9-16(15)17-10-14(17)11-18(3)12-17/h4-9,14H,1,10-12H2,2-3H3/b8-5-. The van der Waals surface area contributed by atoms with E-state index in [1.54, 1.807) is 5.56 Å². The van der Waals surface area contributed by atoms with Gasteiger partial charge in [-0.05, 0) is 43.0 Å². The van der Waals surface area contributed by atoms with Gasteiger partial charge < -0.3 is 4.90 Å². The quantitative estimate of drug-likeness (QED) is 0.731. The summed E-state index contributed by atoms with van der Waals surface area (Å²) in [6, 6.07) is 6.74. The topological polar surface area (TPSA) is 3.24 Å². The van der Waals surface area contributed by atoms with Gasteiger partial charge in [0.2, 0.25) is 0 Å². The average molecular weight is 239 g/mol. The second kappa shape index (κ2) is 4.10. The van der Waals surface area contributed by atoms with Gasteiger partial charge in [-0.1, -0.05) is 43.0 Å². The lowest BCUT2D eigenvalue weighted by Gasteiger charge is -2.20. The number of hydrogen-bond donors (Lipinski definition) is 0. The number of nitrogens with zero attached hydrogens (tertiary/aromatic N) is 1. The van der Waals surface area contributed by atoms with E-state index in [0.717, 1.165) is 5.92 Å². The average Bonchev–Trinajstić information content (AvgIpc) is 2.91. The third-order valence-corrected chi connectivity index (χ3v) is 4.58. The van der Waals surface area contributed by atoms with Crippen LogP contribution in [0.3, 0.4) is 0 Å². The zero-order chi connectivity index (χ0) is 12.8. The number of hydrogen-bond acceptors (Lipinski definition) is 1. The molecule has 3 rings (SSSR count). The predicted octanol–water partition coefficient (Wildman–Crippen LogP) is 3.40. The Labute approximate surface area is 110 Å². The van der Waals surface area contributed by atoms with Gasteiger partial charge >= 0.3 is 0 Å². The summed E-state index contributed by atoms with van der Waals surface area (Å²) in [4.78, 5) is 2.47. The van der Waals surface area contributed by atoms with Gasteiger partial charge in [0.05, 0.1) is 0 Å². The Hall–Kier alpha value is -1.34. The van der Waals surface area contributed by atoms with E-state index >= 15 is 0 Å². The normalized spacial score (nSPS) is 30.7. The highest BCUT2D eigenvalue weighted by molar-refractivity contribution is 5.62. The Morgan fingerprint density at radius 2 is 2.28 bits per heavy atom. The molecule has 2 atom stereocenters. The molecule has 0 spiro atoms. The number of likely N-dealkylation sites (N-methyl/N-ethyl adjacent to an activating group) is 1. The summed E-state index contributed by atoms with van der Waals surface area (Å²) in [5.41, 5.74) is 4.78. The highest BCUT2D eigenvalue weighted by Crippen LogP contribution is 2.59. The summed E-state index contributed by atoms with van der Waals surface area (Å²) in [7, 11) is 2.24. The van der Waals surface area contributed by atoms with Crippen molar-refractivity contribution < 1.29 is 0 Å². The molecule has 0 N–H and O–H groups in total. The van der Waals surface area contributed by atoms with E-state index in [-0.39, 0.29) is 0 Å². The van der Waals surface area contributed by atoms with E-state index in [1.807, 2.05) is 6.08 Å². The van der Waals surface area contributed by atoms with Crippen molar-refractivity contribution in [3.8, 4) is 0 Å². The van der Waals surface area contributed by atoms with E-state index < -0.39 is 0 Å². The van der Waals surface area contributed by atoms with Gasteiger partial charge in [0.1, 0.15) is 0 Å². The van der Waals surface area contributed by atoms with Gasteiger partial charge in [0.15, 0.2) is 0 Å². The Morgan fingerprint density at radius 3 is 2.94 bits per heavy atom. The van der Waals surface area contributed by atoms with Gasteiger partial charge in [0, 0.05) is 18.5 Å². The summed E-state index contributed by atoms with van der Waals surface area (Å²) in [5.74, 6) is 0.875. The number of fused-ring (bicyclic) bond motifs is 1. The number of rotatable bonds is 3. The first-order chi connectivity index (χ1) is 8.67. The van der Waals surface area contributed by atoms with E-state index in [1.165, 1.54) is 30.6 Å². The monoisotopic (exact) mass is 239 g/mol. The molecule has 1 nitrogen and oxygen atoms in total. The number of likely N-dealkylation sites (tertiary alicyclic amines) is 1. The molecule has 1 saturated heterocycles. The van der Waals surface area contributed by atoms with Crippen LogP contribution in [0.2, 0.25) is 0 Å². The van der Waals surface area contributed by atoms with Crippen LogP contribution in [-0.4, -0.2) is 25.0 Å². The van der Waals surface area contributed by atoms with Crippen molar-refractivity contribution in [3.05, 3.63) is 53.6 Å². The lowest BCUT2D eigenvalue weighted by Crippen LogP contribution is -2.22. The summed E-state index contributed by atoms with van der Waals surface area (Å²) in [5, 5.41) is 0. The molecule has 18 heavy (non-hydrogen) atoms. The van der Waals surface area contributed by atoms with Crippen molar-refractivity contribution in [3.63, 3.8) is 0 Å². The molecular weight excluding hydrogens is 218 g/mol. The van der Waals surface area contributed by atoms with Crippen molar-refractivity contribution in [1.29, 1.82) is 0 Å². The molecule has 1 aliphatic heterocycles. The number of aryl methyl sites for hydroxylation is 1. The van der Waals surface area contributed by atoms with Crippen molar-refractivity contribution in [2.45, 2.75) is 18.8 Å². The Balaban J connectivity index is 2.05. The SMILES string of the molecule is C=C/C=C\c1c(C)cccc1C12CC1CN(C)C2.